The maximum atomic E-state index is 14.7. The lowest BCUT2D eigenvalue weighted by molar-refractivity contribution is -0.163. The molecule has 7 atom stereocenters. The number of carboxylic acid groups (broad SMARTS) is 1. The zero-order valence-corrected chi connectivity index (χ0v) is 24.0. The number of nitrogens with zero attached hydrogens (tertiary/aromatic N) is 2. The number of aliphatic hydroxyl groups excluding tert-OH is 1. The van der Waals surface area contributed by atoms with E-state index in [-0.39, 0.29) is 36.3 Å². The molecule has 3 rings (SSSR count). The molecule has 2 amide bonds. The lowest BCUT2D eigenvalue weighted by Crippen LogP contribution is -2.63. The zero-order chi connectivity index (χ0) is 28.1. The molecule has 2 unspecified atom stereocenters. The van der Waals surface area contributed by atoms with Gasteiger partial charge in [0.05, 0.1) is 24.2 Å². The van der Waals surface area contributed by atoms with E-state index in [1.54, 1.807) is 11.0 Å². The number of amides is 2. The van der Waals surface area contributed by atoms with Crippen molar-refractivity contribution < 1.29 is 29.3 Å². The van der Waals surface area contributed by atoms with Crippen molar-refractivity contribution in [2.24, 2.45) is 23.2 Å². The van der Waals surface area contributed by atoms with Crippen LogP contribution < -0.4 is 0 Å². The van der Waals surface area contributed by atoms with Gasteiger partial charge in [-0.25, -0.2) is 0 Å². The van der Waals surface area contributed by atoms with E-state index >= 15 is 0 Å². The molecule has 3 fully saturated rings. The molecule has 37 heavy (non-hydrogen) atoms. The minimum Gasteiger partial charge on any atom is -0.481 e. The third kappa shape index (κ3) is 4.62. The van der Waals surface area contributed by atoms with Crippen molar-refractivity contribution in [1.29, 1.82) is 0 Å². The topological polar surface area (TPSA) is 107 Å². The van der Waals surface area contributed by atoms with Crippen LogP contribution in [0.1, 0.15) is 87.5 Å². The number of rotatable bonds is 11. The van der Waals surface area contributed by atoms with Gasteiger partial charge in [-0.05, 0) is 50.9 Å². The van der Waals surface area contributed by atoms with Crippen molar-refractivity contribution in [3.63, 3.8) is 0 Å². The summed E-state index contributed by atoms with van der Waals surface area (Å²) < 4.78 is 6.68. The summed E-state index contributed by atoms with van der Waals surface area (Å²) in [5.74, 6) is -3.77. The number of carbonyl (C=O) groups excluding carboxylic acids is 2. The fourth-order valence-electron chi connectivity index (χ4n) is 7.79. The second-order valence-corrected chi connectivity index (χ2v) is 13.3. The molecular weight excluding hydrogens is 472 g/mol. The van der Waals surface area contributed by atoms with Crippen LogP contribution in [0.5, 0.6) is 0 Å². The molecule has 3 saturated heterocycles. The normalized spacial score (nSPS) is 32.8. The second-order valence-electron chi connectivity index (χ2n) is 13.3. The van der Waals surface area contributed by atoms with Crippen LogP contribution in [0.2, 0.25) is 0 Å². The van der Waals surface area contributed by atoms with E-state index < -0.39 is 46.6 Å². The van der Waals surface area contributed by atoms with E-state index in [2.05, 4.69) is 27.4 Å². The van der Waals surface area contributed by atoms with Crippen LogP contribution in [0.4, 0.5) is 0 Å². The van der Waals surface area contributed by atoms with Gasteiger partial charge >= 0.3 is 5.97 Å². The standard InChI is InChI=1S/C29H48N2O6/c1-10-15-30(27(8,9)17-26(5,6)7)24(34)22-29-14-13-28(12-3,37-29)21(25(35)36)20(29)23(33)31(22)19(16-32)18(4)11-2/h10,18-22,32H,1,11-17H2,2-9H3,(H,35,36)/t18-,19-,20-,21-,22?,28+,29?/m0/s1. The minimum absolute atomic E-state index is 0.0669. The molecule has 1 spiro atoms. The summed E-state index contributed by atoms with van der Waals surface area (Å²) in [6.07, 6.45) is 4.48. The number of aliphatic hydroxyl groups is 1. The smallest absolute Gasteiger partial charge is 0.310 e. The number of carbonyl (C=O) groups is 3. The number of aliphatic carboxylic acids is 1. The van der Waals surface area contributed by atoms with E-state index in [4.69, 9.17) is 4.74 Å². The first kappa shape index (κ1) is 29.6. The Morgan fingerprint density at radius 1 is 1.24 bits per heavy atom. The van der Waals surface area contributed by atoms with Gasteiger partial charge in [-0.15, -0.1) is 6.58 Å². The van der Waals surface area contributed by atoms with Gasteiger partial charge in [0.2, 0.25) is 11.8 Å². The molecule has 0 aliphatic carbocycles. The lowest BCUT2D eigenvalue weighted by Gasteiger charge is -2.47. The highest BCUT2D eigenvalue weighted by Crippen LogP contribution is 2.65. The van der Waals surface area contributed by atoms with Crippen LogP contribution >= 0.6 is 0 Å². The third-order valence-electron chi connectivity index (χ3n) is 9.24. The van der Waals surface area contributed by atoms with E-state index in [0.717, 1.165) is 0 Å². The van der Waals surface area contributed by atoms with Gasteiger partial charge in [-0.2, -0.15) is 0 Å². The van der Waals surface area contributed by atoms with Gasteiger partial charge in [0.25, 0.3) is 0 Å². The minimum atomic E-state index is -1.23. The first-order valence-electron chi connectivity index (χ1n) is 13.9. The first-order valence-corrected chi connectivity index (χ1v) is 13.9. The Morgan fingerprint density at radius 2 is 1.86 bits per heavy atom. The number of hydrogen-bond acceptors (Lipinski definition) is 5. The molecule has 0 saturated carbocycles. The zero-order valence-electron chi connectivity index (χ0n) is 24.0. The van der Waals surface area contributed by atoms with Gasteiger partial charge in [-0.1, -0.05) is 54.0 Å². The van der Waals surface area contributed by atoms with Crippen LogP contribution in [0.3, 0.4) is 0 Å². The van der Waals surface area contributed by atoms with E-state index in [0.29, 0.717) is 32.1 Å². The van der Waals surface area contributed by atoms with Crippen LogP contribution in [-0.4, -0.2) is 79.8 Å². The van der Waals surface area contributed by atoms with Crippen LogP contribution in [0.15, 0.2) is 12.7 Å². The summed E-state index contributed by atoms with van der Waals surface area (Å²) in [4.78, 5) is 44.8. The van der Waals surface area contributed by atoms with Crippen LogP contribution in [0.25, 0.3) is 0 Å². The number of likely N-dealkylation sites (tertiary alicyclic amines) is 1. The van der Waals surface area contributed by atoms with Gasteiger partial charge in [0.15, 0.2) is 0 Å². The van der Waals surface area contributed by atoms with Crippen molar-refractivity contribution in [2.45, 2.75) is 116 Å². The quantitative estimate of drug-likeness (QED) is 0.401. The summed E-state index contributed by atoms with van der Waals surface area (Å²) in [6.45, 7) is 20.1. The monoisotopic (exact) mass is 520 g/mol. The number of hydrogen-bond donors (Lipinski definition) is 2. The van der Waals surface area contributed by atoms with Crippen molar-refractivity contribution in [2.75, 3.05) is 13.2 Å². The maximum absolute atomic E-state index is 14.7. The van der Waals surface area contributed by atoms with Gasteiger partial charge in [0.1, 0.15) is 17.6 Å². The number of fused-ring (bicyclic) bond motifs is 1. The summed E-state index contributed by atoms with van der Waals surface area (Å²) in [7, 11) is 0. The molecule has 3 heterocycles. The van der Waals surface area contributed by atoms with E-state index in [1.807, 2.05) is 34.6 Å². The van der Waals surface area contributed by atoms with Crippen LogP contribution in [0, 0.1) is 23.2 Å². The lowest BCUT2D eigenvalue weighted by atomic mass is 9.65. The first-order chi connectivity index (χ1) is 17.1. The predicted octanol–water partition coefficient (Wildman–Crippen LogP) is 3.86. The Kier molecular flexibility index (Phi) is 8.00. The van der Waals surface area contributed by atoms with Gasteiger partial charge < -0.3 is 24.7 Å². The van der Waals surface area contributed by atoms with Gasteiger partial charge in [0, 0.05) is 12.1 Å². The number of carboxylic acids is 1. The summed E-state index contributed by atoms with van der Waals surface area (Å²) in [6, 6.07) is -1.62. The van der Waals surface area contributed by atoms with Crippen molar-refractivity contribution in [3.05, 3.63) is 12.7 Å². The van der Waals surface area contributed by atoms with E-state index in [9.17, 15) is 24.6 Å². The second kappa shape index (κ2) is 9.99. The highest BCUT2D eigenvalue weighted by atomic mass is 16.5. The Hall–Kier alpha value is -1.93. The average molecular weight is 521 g/mol. The molecule has 210 valence electrons. The molecule has 0 aromatic heterocycles. The van der Waals surface area contributed by atoms with Crippen molar-refractivity contribution >= 4 is 17.8 Å². The Bertz CT molecular complexity index is 926. The molecule has 0 aromatic carbocycles. The highest BCUT2D eigenvalue weighted by Gasteiger charge is 2.79. The summed E-state index contributed by atoms with van der Waals surface area (Å²) in [5, 5.41) is 20.8. The molecule has 2 bridgehead atoms. The highest BCUT2D eigenvalue weighted by molar-refractivity contribution is 5.98. The molecule has 3 aliphatic rings. The molecule has 8 nitrogen and oxygen atoms in total. The average Bonchev–Trinajstić information content (AvgIpc) is 3.39. The largest absolute Gasteiger partial charge is 0.481 e. The third-order valence-corrected chi connectivity index (χ3v) is 9.24. The fraction of sp³-hybridized carbons (Fsp3) is 0.828. The Balaban J connectivity index is 2.21. The fourth-order valence-corrected chi connectivity index (χ4v) is 7.79. The SMILES string of the molecule is C=CCN(C(=O)C1N([C@@H](CO)[C@@H](C)CC)C(=O)[C@@H]2[C@@H](C(=O)O)[C@@]3(CC)CCC12O3)C(C)(C)CC(C)(C)C. The van der Waals surface area contributed by atoms with Crippen LogP contribution in [-0.2, 0) is 19.1 Å². The predicted molar refractivity (Wildman–Crippen MR) is 142 cm³/mol. The van der Waals surface area contributed by atoms with E-state index in [1.165, 1.54) is 4.90 Å². The Labute approximate surface area is 222 Å². The number of ether oxygens (including phenoxy) is 1. The molecule has 2 N–H and O–H groups in total. The molecule has 3 aliphatic heterocycles. The van der Waals surface area contributed by atoms with Crippen molar-refractivity contribution in [1.82, 2.24) is 9.80 Å². The Morgan fingerprint density at radius 3 is 2.32 bits per heavy atom. The molecule has 0 radical (unpaired) electrons. The molecular formula is C29H48N2O6. The summed E-state index contributed by atoms with van der Waals surface area (Å²) >= 11 is 0. The summed E-state index contributed by atoms with van der Waals surface area (Å²) in [5.41, 5.74) is -2.83. The van der Waals surface area contributed by atoms with Crippen molar-refractivity contribution in [3.8, 4) is 0 Å². The molecule has 8 heteroatoms. The molecule has 0 aromatic rings. The van der Waals surface area contributed by atoms with Gasteiger partial charge in [-0.3, -0.25) is 14.4 Å². The maximum Gasteiger partial charge on any atom is 0.310 e.